The van der Waals surface area contributed by atoms with Crippen molar-refractivity contribution in [2.24, 2.45) is 0 Å². The second-order valence-corrected chi connectivity index (χ2v) is 9.35. The van der Waals surface area contributed by atoms with E-state index in [1.165, 1.54) is 22.9 Å². The lowest BCUT2D eigenvalue weighted by Gasteiger charge is -2.12. The van der Waals surface area contributed by atoms with E-state index in [0.717, 1.165) is 23.3 Å². The van der Waals surface area contributed by atoms with Gasteiger partial charge in [0.15, 0.2) is 11.5 Å². The number of aromatic nitrogens is 4. The van der Waals surface area contributed by atoms with E-state index in [1.807, 2.05) is 38.1 Å². The van der Waals surface area contributed by atoms with Gasteiger partial charge in [-0.3, -0.25) is 4.57 Å². The molecule has 2 heterocycles. The Bertz CT molecular complexity index is 1510. The average molecular weight is 523 g/mol. The number of halogens is 3. The van der Waals surface area contributed by atoms with Crippen LogP contribution in [0.4, 0.5) is 13.2 Å². The third kappa shape index (κ3) is 5.59. The van der Waals surface area contributed by atoms with Crippen molar-refractivity contribution in [1.29, 1.82) is 0 Å². The molecule has 1 N–H and O–H groups in total. The Kier molecular flexibility index (Phi) is 7.87. The fourth-order valence-corrected chi connectivity index (χ4v) is 3.89. The van der Waals surface area contributed by atoms with Crippen LogP contribution >= 0.6 is 0 Å². The van der Waals surface area contributed by atoms with E-state index in [1.54, 1.807) is 0 Å². The number of rotatable bonds is 6. The van der Waals surface area contributed by atoms with Crippen molar-refractivity contribution in [3.8, 4) is 17.1 Å². The van der Waals surface area contributed by atoms with E-state index in [-0.39, 0.29) is 12.5 Å². The van der Waals surface area contributed by atoms with Gasteiger partial charge in [0.05, 0.1) is 12.7 Å². The normalized spacial score (nSPS) is 11.9. The maximum atomic E-state index is 12.5. The Labute approximate surface area is 205 Å². The molecule has 0 saturated heterocycles. The van der Waals surface area contributed by atoms with Gasteiger partial charge in [0.25, 0.3) is 0 Å². The largest absolute Gasteiger partial charge is 0.534 e. The summed E-state index contributed by atoms with van der Waals surface area (Å²) in [4.78, 5) is 24.2. The fraction of sp³-hybridized carbons (Fsp3) is 0.292. The Hall–Kier alpha value is -3.67. The first-order valence-electron chi connectivity index (χ1n) is 11.1. The molecule has 0 amide bonds. The summed E-state index contributed by atoms with van der Waals surface area (Å²) in [6.07, 6.45) is 1.52. The first-order chi connectivity index (χ1) is 17.0. The van der Waals surface area contributed by atoms with Crippen molar-refractivity contribution in [1.82, 2.24) is 19.5 Å². The van der Waals surface area contributed by atoms with Gasteiger partial charge in [-0.2, -0.15) is 21.6 Å². The smallest absolute Gasteiger partial charge is 0.376 e. The van der Waals surface area contributed by atoms with Crippen molar-refractivity contribution in [2.45, 2.75) is 45.7 Å². The van der Waals surface area contributed by atoms with Gasteiger partial charge >= 0.3 is 21.3 Å². The highest BCUT2D eigenvalue weighted by atomic mass is 32.2. The number of hydrogen-bond acceptors (Lipinski definition) is 6. The Morgan fingerprint density at radius 1 is 1.06 bits per heavy atom. The van der Waals surface area contributed by atoms with E-state index >= 15 is 0 Å². The van der Waals surface area contributed by atoms with Crippen molar-refractivity contribution in [3.05, 3.63) is 76.3 Å². The molecule has 2 aromatic carbocycles. The Morgan fingerprint density at radius 3 is 2.31 bits per heavy atom. The number of fused-ring (bicyclic) bond motifs is 1. The first-order valence-corrected chi connectivity index (χ1v) is 12.5. The molecular weight excluding hydrogens is 497 g/mol. The zero-order chi connectivity index (χ0) is 26.7. The third-order valence-corrected chi connectivity index (χ3v) is 6.07. The second-order valence-electron chi connectivity index (χ2n) is 7.82. The van der Waals surface area contributed by atoms with Crippen molar-refractivity contribution in [2.75, 3.05) is 0 Å². The number of nitrogens with one attached hydrogen (secondary N) is 1. The molecule has 8 nitrogen and oxygen atoms in total. The summed E-state index contributed by atoms with van der Waals surface area (Å²) in [6, 6.07) is 12.6. The molecule has 0 spiro atoms. The van der Waals surface area contributed by atoms with Gasteiger partial charge in [0, 0.05) is 5.56 Å². The average Bonchev–Trinajstić information content (AvgIpc) is 3.14. The van der Waals surface area contributed by atoms with Crippen molar-refractivity contribution < 1.29 is 25.8 Å². The van der Waals surface area contributed by atoms with Crippen LogP contribution in [-0.2, 0) is 16.7 Å². The predicted molar refractivity (Wildman–Crippen MR) is 130 cm³/mol. The minimum atomic E-state index is -5.77. The fourth-order valence-electron chi connectivity index (χ4n) is 3.43. The van der Waals surface area contributed by atoms with E-state index in [4.69, 9.17) is 0 Å². The van der Waals surface area contributed by atoms with Crippen molar-refractivity contribution >= 4 is 21.3 Å². The number of nitrogens with zero attached hydrogens (tertiary/aromatic N) is 3. The molecular formula is C24H25F3N4O4S. The summed E-state index contributed by atoms with van der Waals surface area (Å²) in [7, 11) is -5.77. The van der Waals surface area contributed by atoms with E-state index < -0.39 is 27.1 Å². The molecule has 0 fully saturated rings. The number of benzene rings is 2. The molecule has 4 aromatic rings. The Morgan fingerprint density at radius 2 is 1.69 bits per heavy atom. The molecule has 0 aliphatic rings. The molecule has 0 saturated carbocycles. The molecule has 0 bridgehead atoms. The summed E-state index contributed by atoms with van der Waals surface area (Å²) >= 11 is 0. The molecule has 0 unspecified atom stereocenters. The lowest BCUT2D eigenvalue weighted by atomic mass is 9.97. The van der Waals surface area contributed by atoms with Crippen LogP contribution in [0.5, 0.6) is 5.75 Å². The Balaban J connectivity index is 0.00000176. The third-order valence-electron chi connectivity index (χ3n) is 5.09. The number of hydrogen-bond donors (Lipinski definition) is 1. The SMILES string of the molecule is CC.CC(C)c1ccccc1-c1ncc2[nH]c(=O)n(Cc3ccc(OS(=O)(=O)C(F)(F)F)cc3)c2n1. The monoisotopic (exact) mass is 522 g/mol. The summed E-state index contributed by atoms with van der Waals surface area (Å²) in [5.74, 6) is 0.179. The van der Waals surface area contributed by atoms with Crippen LogP contribution in [-0.4, -0.2) is 33.4 Å². The molecule has 0 radical (unpaired) electrons. The number of alkyl halides is 3. The molecule has 12 heteroatoms. The summed E-state index contributed by atoms with van der Waals surface area (Å²) in [5, 5.41) is 0. The molecule has 4 rings (SSSR count). The number of imidazole rings is 1. The van der Waals surface area contributed by atoms with Crippen LogP contribution in [0.15, 0.2) is 59.5 Å². The van der Waals surface area contributed by atoms with E-state index in [9.17, 15) is 26.4 Å². The topological polar surface area (TPSA) is 107 Å². The second kappa shape index (κ2) is 10.5. The van der Waals surface area contributed by atoms with Gasteiger partial charge in [-0.15, -0.1) is 0 Å². The molecule has 36 heavy (non-hydrogen) atoms. The number of H-pyrrole nitrogens is 1. The number of aromatic amines is 1. The molecule has 2 aromatic heterocycles. The molecule has 0 aliphatic heterocycles. The highest BCUT2D eigenvalue weighted by Gasteiger charge is 2.48. The van der Waals surface area contributed by atoms with Crippen molar-refractivity contribution in [3.63, 3.8) is 0 Å². The lowest BCUT2D eigenvalue weighted by molar-refractivity contribution is -0.0500. The van der Waals surface area contributed by atoms with Gasteiger partial charge in [0.2, 0.25) is 0 Å². The van der Waals surface area contributed by atoms with Gasteiger partial charge in [-0.05, 0) is 29.2 Å². The molecule has 0 aliphatic carbocycles. The molecule has 192 valence electrons. The van der Waals surface area contributed by atoms with Crippen LogP contribution in [0.2, 0.25) is 0 Å². The maximum Gasteiger partial charge on any atom is 0.534 e. The van der Waals surface area contributed by atoms with E-state index in [0.29, 0.717) is 22.6 Å². The summed E-state index contributed by atoms with van der Waals surface area (Å²) in [5.41, 5.74) is -2.79. The van der Waals surface area contributed by atoms with Crippen LogP contribution in [0.25, 0.3) is 22.6 Å². The van der Waals surface area contributed by atoms with Crippen LogP contribution in [0, 0.1) is 0 Å². The summed E-state index contributed by atoms with van der Waals surface area (Å²) in [6.45, 7) is 8.14. The van der Waals surface area contributed by atoms with E-state index in [2.05, 4.69) is 33.0 Å². The standard InChI is InChI=1S/C22H19F3N4O4S.C2H6/c1-13(2)16-5-3-4-6-17(16)19-26-11-18-20(28-19)29(21(30)27-18)12-14-7-9-15(10-8-14)33-34(31,32)22(23,24)25;1-2/h3-11,13H,12H2,1-2H3,(H,27,30);1-2H3. The lowest BCUT2D eigenvalue weighted by Crippen LogP contribution is -2.28. The minimum absolute atomic E-state index is 0.0351. The minimum Gasteiger partial charge on any atom is -0.376 e. The van der Waals surface area contributed by atoms with Gasteiger partial charge in [-0.25, -0.2) is 14.8 Å². The molecule has 0 atom stereocenters. The van der Waals surface area contributed by atoms with Crippen LogP contribution in [0.1, 0.15) is 44.7 Å². The quantitative estimate of drug-likeness (QED) is 0.275. The highest BCUT2D eigenvalue weighted by Crippen LogP contribution is 2.28. The highest BCUT2D eigenvalue weighted by molar-refractivity contribution is 7.88. The van der Waals surface area contributed by atoms with Gasteiger partial charge < -0.3 is 9.17 Å². The van der Waals surface area contributed by atoms with Gasteiger partial charge in [-0.1, -0.05) is 64.1 Å². The zero-order valence-electron chi connectivity index (χ0n) is 20.0. The van der Waals surface area contributed by atoms with Crippen LogP contribution < -0.4 is 9.87 Å². The first kappa shape index (κ1) is 26.9. The zero-order valence-corrected chi connectivity index (χ0v) is 20.8. The maximum absolute atomic E-state index is 12.5. The van der Waals surface area contributed by atoms with Gasteiger partial charge in [0.1, 0.15) is 11.3 Å². The predicted octanol–water partition coefficient (Wildman–Crippen LogP) is 5.21. The van der Waals surface area contributed by atoms with Crippen LogP contribution in [0.3, 0.4) is 0 Å². The summed E-state index contributed by atoms with van der Waals surface area (Å²) < 4.78 is 65.3.